The lowest BCUT2D eigenvalue weighted by Gasteiger charge is -2.35. The van der Waals surface area contributed by atoms with Gasteiger partial charge in [0.05, 0.1) is 49.4 Å². The van der Waals surface area contributed by atoms with Crippen LogP contribution in [0.4, 0.5) is 20.3 Å². The van der Waals surface area contributed by atoms with Gasteiger partial charge >= 0.3 is 0 Å². The van der Waals surface area contributed by atoms with Crippen LogP contribution in [0.1, 0.15) is 48.3 Å². The number of aromatic nitrogens is 3. The second-order valence-electron chi connectivity index (χ2n) is 9.92. The Kier molecular flexibility index (Phi) is 6.92. The first-order chi connectivity index (χ1) is 18.2. The molecule has 0 saturated carbocycles. The third-order valence-electron chi connectivity index (χ3n) is 7.36. The van der Waals surface area contributed by atoms with Crippen LogP contribution in [0.3, 0.4) is 0 Å². The average Bonchev–Trinajstić information content (AvgIpc) is 2.89. The molecule has 0 spiro atoms. The molecule has 9 nitrogen and oxygen atoms in total. The van der Waals surface area contributed by atoms with Gasteiger partial charge in [0.25, 0.3) is 11.5 Å². The van der Waals surface area contributed by atoms with Crippen molar-refractivity contribution in [2.24, 2.45) is 0 Å². The second-order valence-corrected chi connectivity index (χ2v) is 9.92. The molecule has 0 unspecified atom stereocenters. The summed E-state index contributed by atoms with van der Waals surface area (Å²) in [5.74, 6) is -1.75. The van der Waals surface area contributed by atoms with E-state index >= 15 is 0 Å². The van der Waals surface area contributed by atoms with Crippen molar-refractivity contribution >= 4 is 22.4 Å². The summed E-state index contributed by atoms with van der Waals surface area (Å²) in [5, 5.41) is 15.5. The van der Waals surface area contributed by atoms with E-state index in [0.717, 1.165) is 11.1 Å². The highest BCUT2D eigenvalue weighted by Crippen LogP contribution is 2.34. The van der Waals surface area contributed by atoms with E-state index in [0.29, 0.717) is 60.1 Å². The van der Waals surface area contributed by atoms with Crippen LogP contribution in [0.25, 0.3) is 10.9 Å². The number of aryl methyl sites for hydroxylation is 1. The fourth-order valence-corrected chi connectivity index (χ4v) is 5.23. The molecule has 4 heterocycles. The zero-order valence-electron chi connectivity index (χ0n) is 21.8. The van der Waals surface area contributed by atoms with Gasteiger partial charge in [-0.05, 0) is 38.0 Å². The van der Waals surface area contributed by atoms with Crippen LogP contribution in [-0.2, 0) is 4.74 Å². The molecule has 1 N–H and O–H groups in total. The van der Waals surface area contributed by atoms with Crippen molar-refractivity contribution in [2.75, 3.05) is 54.6 Å². The van der Waals surface area contributed by atoms with E-state index in [2.05, 4.69) is 21.4 Å². The van der Waals surface area contributed by atoms with Gasteiger partial charge in [0.2, 0.25) is 0 Å². The largest absolute Gasteiger partial charge is 0.378 e. The minimum atomic E-state index is -2.74. The molecule has 0 bridgehead atoms. The highest BCUT2D eigenvalue weighted by molar-refractivity contribution is 5.97. The topological polar surface area (TPSA) is 99.3 Å². The van der Waals surface area contributed by atoms with Gasteiger partial charge in [-0.15, -0.1) is 0 Å². The standard InChI is InChI=1S/C27H31F2N7O2/c1-17-20(15-30)5-4-6-21(17)18(2)31-25-22-16-36(35-11-13-38-14-12-35)26(37)24(23(22)32-19(3)33-25)34-9-7-27(28,29)8-10-34/h4-6,16,18H,7-14H2,1-3H3,(H,31,32,33)/t18-/m1/s1. The molecule has 5 rings (SSSR count). The highest BCUT2D eigenvalue weighted by atomic mass is 19.3. The minimum Gasteiger partial charge on any atom is -0.378 e. The number of pyridine rings is 1. The monoisotopic (exact) mass is 523 g/mol. The Morgan fingerprint density at radius 1 is 1.13 bits per heavy atom. The third kappa shape index (κ3) is 4.88. The number of rotatable bonds is 5. The molecule has 2 saturated heterocycles. The lowest BCUT2D eigenvalue weighted by molar-refractivity contribution is -0.0220. The van der Waals surface area contributed by atoms with Crippen molar-refractivity contribution in [3.05, 3.63) is 57.3 Å². The predicted octanol–water partition coefficient (Wildman–Crippen LogP) is 3.66. The minimum absolute atomic E-state index is 0.0623. The second kappa shape index (κ2) is 10.2. The number of alkyl halides is 2. The summed E-state index contributed by atoms with van der Waals surface area (Å²) in [6.07, 6.45) is 1.10. The molecule has 11 heteroatoms. The molecule has 3 aromatic rings. The number of fused-ring (bicyclic) bond motifs is 1. The quantitative estimate of drug-likeness (QED) is 0.541. The smallest absolute Gasteiger partial charge is 0.294 e. The number of piperidine rings is 1. The molecule has 0 aliphatic carbocycles. The molecule has 2 aliphatic rings. The van der Waals surface area contributed by atoms with Crippen molar-refractivity contribution in [2.45, 2.75) is 45.6 Å². The van der Waals surface area contributed by atoms with E-state index in [4.69, 9.17) is 4.74 Å². The first-order valence-corrected chi connectivity index (χ1v) is 12.8. The predicted molar refractivity (Wildman–Crippen MR) is 142 cm³/mol. The number of benzene rings is 1. The number of morpholine rings is 1. The fraction of sp³-hybridized carbons (Fsp3) is 0.481. The number of ether oxygens (including phenoxy) is 1. The van der Waals surface area contributed by atoms with Crippen LogP contribution in [0, 0.1) is 25.2 Å². The molecule has 2 aliphatic heterocycles. The van der Waals surface area contributed by atoms with Crippen molar-refractivity contribution in [3.8, 4) is 6.07 Å². The molecule has 200 valence electrons. The van der Waals surface area contributed by atoms with Gasteiger partial charge in [0, 0.05) is 32.1 Å². The Labute approximate surface area is 219 Å². The summed E-state index contributed by atoms with van der Waals surface area (Å²) in [6.45, 7) is 7.78. The van der Waals surface area contributed by atoms with Crippen molar-refractivity contribution in [1.82, 2.24) is 14.6 Å². The summed E-state index contributed by atoms with van der Waals surface area (Å²) in [4.78, 5) is 24.9. The summed E-state index contributed by atoms with van der Waals surface area (Å²) in [5.41, 5.74) is 2.89. The van der Waals surface area contributed by atoms with Crippen molar-refractivity contribution in [1.29, 1.82) is 5.26 Å². The normalized spacial score (nSPS) is 18.3. The maximum atomic E-state index is 14.0. The van der Waals surface area contributed by atoms with Gasteiger partial charge in [0.1, 0.15) is 22.8 Å². The maximum Gasteiger partial charge on any atom is 0.294 e. The van der Waals surface area contributed by atoms with Crippen LogP contribution in [0.5, 0.6) is 0 Å². The maximum absolute atomic E-state index is 14.0. The van der Waals surface area contributed by atoms with Crippen LogP contribution in [-0.4, -0.2) is 60.0 Å². The van der Waals surface area contributed by atoms with Gasteiger partial charge < -0.3 is 20.0 Å². The molecule has 38 heavy (non-hydrogen) atoms. The van der Waals surface area contributed by atoms with E-state index in [1.165, 1.54) is 0 Å². The van der Waals surface area contributed by atoms with Gasteiger partial charge in [0.15, 0.2) is 0 Å². The highest BCUT2D eigenvalue weighted by Gasteiger charge is 2.36. The first-order valence-electron chi connectivity index (χ1n) is 12.8. The van der Waals surface area contributed by atoms with E-state index in [1.807, 2.05) is 31.0 Å². The molecule has 1 atom stereocenters. The number of nitrogens with one attached hydrogen (secondary N) is 1. The lowest BCUT2D eigenvalue weighted by atomic mass is 9.98. The summed E-state index contributed by atoms with van der Waals surface area (Å²) < 4.78 is 35.1. The summed E-state index contributed by atoms with van der Waals surface area (Å²) in [7, 11) is 0. The molecule has 2 aromatic heterocycles. The number of nitriles is 1. The molecule has 0 radical (unpaired) electrons. The molecule has 1 aromatic carbocycles. The van der Waals surface area contributed by atoms with Crippen LogP contribution >= 0.6 is 0 Å². The molecular weight excluding hydrogens is 492 g/mol. The summed E-state index contributed by atoms with van der Waals surface area (Å²) in [6, 6.07) is 7.62. The van der Waals surface area contributed by atoms with Gasteiger partial charge in [-0.1, -0.05) is 12.1 Å². The number of hydrogen-bond acceptors (Lipinski definition) is 8. The van der Waals surface area contributed by atoms with Crippen LogP contribution in [0.15, 0.2) is 29.2 Å². The molecule has 2 fully saturated rings. The van der Waals surface area contributed by atoms with Crippen molar-refractivity contribution in [3.63, 3.8) is 0 Å². The number of hydrogen-bond donors (Lipinski definition) is 1. The zero-order valence-corrected chi connectivity index (χ0v) is 21.8. The molecule has 0 amide bonds. The first kappa shape index (κ1) is 25.9. The van der Waals surface area contributed by atoms with E-state index < -0.39 is 5.92 Å². The Hall–Kier alpha value is -3.78. The fourth-order valence-electron chi connectivity index (χ4n) is 5.23. The molecular formula is C27H31F2N7O2. The summed E-state index contributed by atoms with van der Waals surface area (Å²) >= 11 is 0. The zero-order chi connectivity index (χ0) is 27.0. The van der Waals surface area contributed by atoms with Gasteiger partial charge in [-0.2, -0.15) is 5.26 Å². The average molecular weight is 524 g/mol. The van der Waals surface area contributed by atoms with Crippen LogP contribution < -0.4 is 20.8 Å². The van der Waals surface area contributed by atoms with Gasteiger partial charge in [-0.3, -0.25) is 4.79 Å². The van der Waals surface area contributed by atoms with E-state index in [1.54, 1.807) is 28.8 Å². The lowest BCUT2D eigenvalue weighted by Crippen LogP contribution is -2.50. The van der Waals surface area contributed by atoms with E-state index in [9.17, 15) is 18.8 Å². The SMILES string of the molecule is Cc1nc(N[C@H](C)c2cccc(C#N)c2C)c2cn(N3CCOCC3)c(=O)c(N3CCC(F)(F)CC3)c2n1. The Bertz CT molecular complexity index is 1450. The number of anilines is 2. The van der Waals surface area contributed by atoms with Crippen molar-refractivity contribution < 1.29 is 13.5 Å². The Morgan fingerprint density at radius 3 is 2.53 bits per heavy atom. The van der Waals surface area contributed by atoms with Gasteiger partial charge in [-0.25, -0.2) is 23.4 Å². The number of nitrogens with zero attached hydrogens (tertiary/aromatic N) is 6. The third-order valence-corrected chi connectivity index (χ3v) is 7.36. The number of halogens is 2. The Morgan fingerprint density at radius 2 is 1.84 bits per heavy atom. The van der Waals surface area contributed by atoms with Crippen LogP contribution in [0.2, 0.25) is 0 Å². The van der Waals surface area contributed by atoms with E-state index in [-0.39, 0.29) is 37.5 Å². The Balaban J connectivity index is 1.65.